The molecular formula is C25H19F3N4O4. The number of nitro benzene ring substituents is 1. The number of halogens is 3. The van der Waals surface area contributed by atoms with Crippen molar-refractivity contribution in [3.63, 3.8) is 0 Å². The Hall–Kier alpha value is -4.28. The number of carbonyl (C=O) groups excluding carboxylic acids is 1. The molecule has 1 fully saturated rings. The maximum Gasteiger partial charge on any atom is 0.416 e. The third-order valence-electron chi connectivity index (χ3n) is 6.47. The molecule has 0 N–H and O–H groups in total. The van der Waals surface area contributed by atoms with Crippen LogP contribution in [0.15, 0.2) is 67.0 Å². The van der Waals surface area contributed by atoms with E-state index in [0.717, 1.165) is 17.7 Å². The number of alkyl halides is 3. The zero-order chi connectivity index (χ0) is 25.7. The molecule has 36 heavy (non-hydrogen) atoms. The zero-order valence-electron chi connectivity index (χ0n) is 18.9. The van der Waals surface area contributed by atoms with Crippen LogP contribution in [0.3, 0.4) is 0 Å². The monoisotopic (exact) mass is 496 g/mol. The van der Waals surface area contributed by atoms with E-state index in [1.165, 1.54) is 16.9 Å². The molecule has 4 aromatic rings. The van der Waals surface area contributed by atoms with Gasteiger partial charge in [0, 0.05) is 18.2 Å². The lowest BCUT2D eigenvalue weighted by molar-refractivity contribution is -0.384. The Bertz CT molecular complexity index is 1490. The largest absolute Gasteiger partial charge is 0.465 e. The van der Waals surface area contributed by atoms with Crippen LogP contribution >= 0.6 is 0 Å². The molecular weight excluding hydrogens is 477 g/mol. The Morgan fingerprint density at radius 1 is 1.19 bits per heavy atom. The van der Waals surface area contributed by atoms with Gasteiger partial charge in [-0.05, 0) is 37.1 Å². The average Bonchev–Trinajstić information content (AvgIpc) is 3.48. The Labute approximate surface area is 202 Å². The summed E-state index contributed by atoms with van der Waals surface area (Å²) < 4.78 is 46.3. The van der Waals surface area contributed by atoms with Crippen molar-refractivity contribution < 1.29 is 27.6 Å². The molecule has 0 unspecified atom stereocenters. The van der Waals surface area contributed by atoms with Crippen LogP contribution in [0.25, 0.3) is 16.8 Å². The molecule has 0 radical (unpaired) electrons. The lowest BCUT2D eigenvalue weighted by Gasteiger charge is -2.18. The number of rotatable bonds is 6. The van der Waals surface area contributed by atoms with Gasteiger partial charge in [0.2, 0.25) is 0 Å². The van der Waals surface area contributed by atoms with Crippen molar-refractivity contribution >= 4 is 17.3 Å². The molecule has 2 heterocycles. The lowest BCUT2D eigenvalue weighted by atomic mass is 9.95. The number of nitro groups is 1. The first-order valence-corrected chi connectivity index (χ1v) is 11.1. The van der Waals surface area contributed by atoms with Gasteiger partial charge in [-0.15, -0.1) is 0 Å². The SMILES string of the molecule is CCOC(=O)[C@]1(c2ccnc3c(-c4ccc(C(F)(F)F)cc4[N+](=O)[O-])cnn23)C[C@@H]1c1ccccc1. The van der Waals surface area contributed by atoms with Gasteiger partial charge >= 0.3 is 12.1 Å². The maximum absolute atomic E-state index is 13.2. The zero-order valence-corrected chi connectivity index (χ0v) is 18.9. The highest BCUT2D eigenvalue weighted by atomic mass is 19.4. The van der Waals surface area contributed by atoms with Crippen molar-refractivity contribution in [2.24, 2.45) is 0 Å². The Morgan fingerprint density at radius 3 is 2.61 bits per heavy atom. The predicted octanol–water partition coefficient (Wildman–Crippen LogP) is 5.31. The van der Waals surface area contributed by atoms with Crippen molar-refractivity contribution in [1.82, 2.24) is 14.6 Å². The lowest BCUT2D eigenvalue weighted by Crippen LogP contribution is -2.28. The first-order chi connectivity index (χ1) is 17.2. The molecule has 0 spiro atoms. The molecule has 184 valence electrons. The number of ether oxygens (including phenoxy) is 1. The Kier molecular flexibility index (Phi) is 5.50. The second kappa shape index (κ2) is 8.43. The highest BCUT2D eigenvalue weighted by Gasteiger charge is 2.64. The number of nitrogens with zero attached hydrogens (tertiary/aromatic N) is 4. The molecule has 1 saturated carbocycles. The van der Waals surface area contributed by atoms with Crippen LogP contribution in [0.5, 0.6) is 0 Å². The number of hydrogen-bond acceptors (Lipinski definition) is 6. The molecule has 11 heteroatoms. The highest BCUT2D eigenvalue weighted by molar-refractivity contribution is 5.90. The first kappa shape index (κ1) is 23.5. The van der Waals surface area contributed by atoms with E-state index in [-0.39, 0.29) is 29.3 Å². The summed E-state index contributed by atoms with van der Waals surface area (Å²) in [5.74, 6) is -0.611. The van der Waals surface area contributed by atoms with Gasteiger partial charge < -0.3 is 4.74 Å². The summed E-state index contributed by atoms with van der Waals surface area (Å²) in [6, 6.07) is 13.4. The second-order valence-corrected chi connectivity index (χ2v) is 8.47. The molecule has 2 aromatic heterocycles. The van der Waals surface area contributed by atoms with Crippen LogP contribution in [0.2, 0.25) is 0 Å². The van der Waals surface area contributed by atoms with Crippen LogP contribution in [0.1, 0.15) is 36.1 Å². The van der Waals surface area contributed by atoms with E-state index < -0.39 is 33.7 Å². The summed E-state index contributed by atoms with van der Waals surface area (Å²) in [4.78, 5) is 28.3. The molecule has 0 saturated heterocycles. The number of fused-ring (bicyclic) bond motifs is 1. The quantitative estimate of drug-likeness (QED) is 0.204. The molecule has 1 aliphatic rings. The molecule has 2 aromatic carbocycles. The van der Waals surface area contributed by atoms with Crippen LogP contribution in [0, 0.1) is 10.1 Å². The number of carbonyl (C=O) groups is 1. The van der Waals surface area contributed by atoms with Crippen molar-refractivity contribution in [3.05, 3.63) is 93.9 Å². The number of hydrogen-bond donors (Lipinski definition) is 0. The summed E-state index contributed by atoms with van der Waals surface area (Å²) in [7, 11) is 0. The second-order valence-electron chi connectivity index (χ2n) is 8.47. The van der Waals surface area contributed by atoms with Gasteiger partial charge in [-0.1, -0.05) is 30.3 Å². The topological polar surface area (TPSA) is 99.6 Å². The fraction of sp³-hybridized carbons (Fsp3) is 0.240. The van der Waals surface area contributed by atoms with Gasteiger partial charge in [0.1, 0.15) is 5.41 Å². The van der Waals surface area contributed by atoms with Crippen LogP contribution in [-0.2, 0) is 21.1 Å². The predicted molar refractivity (Wildman–Crippen MR) is 122 cm³/mol. The van der Waals surface area contributed by atoms with Gasteiger partial charge in [0.25, 0.3) is 5.69 Å². The standard InChI is InChI=1S/C25H19F3N4O4/c1-2-36-23(33)24(13-19(24)15-6-4-3-5-7-15)21-10-11-29-22-18(14-30-31(21)22)17-9-8-16(25(26,27)28)12-20(17)32(34)35/h3-12,14,19H,2,13H2,1H3/t19-,24-/m1/s1. The van der Waals surface area contributed by atoms with Gasteiger partial charge in [-0.2, -0.15) is 18.3 Å². The van der Waals surface area contributed by atoms with Crippen molar-refractivity contribution in [2.75, 3.05) is 6.61 Å². The fourth-order valence-electron chi connectivity index (χ4n) is 4.73. The summed E-state index contributed by atoms with van der Waals surface area (Å²) in [6.45, 7) is 1.89. The van der Waals surface area contributed by atoms with E-state index in [0.29, 0.717) is 18.2 Å². The minimum absolute atomic E-state index is 0.0618. The average molecular weight is 496 g/mol. The first-order valence-electron chi connectivity index (χ1n) is 11.1. The highest BCUT2D eigenvalue weighted by Crippen LogP contribution is 2.61. The van der Waals surface area contributed by atoms with Crippen molar-refractivity contribution in [2.45, 2.75) is 30.9 Å². The molecule has 2 atom stereocenters. The fourth-order valence-corrected chi connectivity index (χ4v) is 4.73. The summed E-state index contributed by atoms with van der Waals surface area (Å²) in [5, 5.41) is 16.0. The molecule has 0 amide bonds. The summed E-state index contributed by atoms with van der Waals surface area (Å²) in [6.07, 6.45) is -1.52. The molecule has 1 aliphatic carbocycles. The van der Waals surface area contributed by atoms with E-state index in [4.69, 9.17) is 4.74 Å². The number of aromatic nitrogens is 3. The molecule has 0 bridgehead atoms. The molecule has 5 rings (SSSR count). The van der Waals surface area contributed by atoms with Crippen molar-refractivity contribution in [1.29, 1.82) is 0 Å². The summed E-state index contributed by atoms with van der Waals surface area (Å²) >= 11 is 0. The molecule has 8 nitrogen and oxygen atoms in total. The van der Waals surface area contributed by atoms with Gasteiger partial charge in [-0.3, -0.25) is 14.9 Å². The number of esters is 1. The number of benzene rings is 2. The third kappa shape index (κ3) is 3.67. The van der Waals surface area contributed by atoms with Crippen LogP contribution in [0.4, 0.5) is 18.9 Å². The maximum atomic E-state index is 13.2. The van der Waals surface area contributed by atoms with E-state index in [2.05, 4.69) is 10.1 Å². The van der Waals surface area contributed by atoms with Gasteiger partial charge in [0.05, 0.1) is 40.1 Å². The van der Waals surface area contributed by atoms with E-state index in [1.54, 1.807) is 13.0 Å². The van der Waals surface area contributed by atoms with E-state index in [9.17, 15) is 28.1 Å². The normalized spacial score (nSPS) is 19.3. The van der Waals surface area contributed by atoms with Gasteiger partial charge in [-0.25, -0.2) is 9.50 Å². The van der Waals surface area contributed by atoms with E-state index >= 15 is 0 Å². The summed E-state index contributed by atoms with van der Waals surface area (Å²) in [5.41, 5.74) is -1.18. The Balaban J connectivity index is 1.67. The van der Waals surface area contributed by atoms with Crippen LogP contribution < -0.4 is 0 Å². The van der Waals surface area contributed by atoms with Crippen molar-refractivity contribution in [3.8, 4) is 11.1 Å². The minimum atomic E-state index is -4.74. The van der Waals surface area contributed by atoms with E-state index in [1.807, 2.05) is 30.3 Å². The minimum Gasteiger partial charge on any atom is -0.465 e. The van der Waals surface area contributed by atoms with Gasteiger partial charge in [0.15, 0.2) is 5.65 Å². The molecule has 0 aliphatic heterocycles. The Morgan fingerprint density at radius 2 is 1.94 bits per heavy atom. The smallest absolute Gasteiger partial charge is 0.416 e. The van der Waals surface area contributed by atoms with Crippen LogP contribution in [-0.4, -0.2) is 32.1 Å². The third-order valence-corrected chi connectivity index (χ3v) is 6.47.